The fourth-order valence-electron chi connectivity index (χ4n) is 9.26. The standard InChI is InChI=1S/C52H31BN4/c1-55-46-30-37(34-15-5-2-6-16-34)29-39(33-54)49(46)38-31-47-50-48(32-38)57(41-21-9-4-10-22-41)52-43-24-14-12-18-36(43)26-28-45(52)53(50)44-27-25-35-17-11-13-23-42(35)51(44)56(47)40-19-7-3-8-20-40/h2-32H. The molecule has 0 bridgehead atoms. The van der Waals surface area contributed by atoms with E-state index in [1.54, 1.807) is 0 Å². The largest absolute Gasteiger partial charge is 0.311 e. The number of fused-ring (bicyclic) bond motifs is 8. The highest BCUT2D eigenvalue weighted by atomic mass is 15.2. The van der Waals surface area contributed by atoms with Crippen LogP contribution in [0.3, 0.4) is 0 Å². The molecule has 5 heteroatoms. The van der Waals surface area contributed by atoms with E-state index < -0.39 is 0 Å². The summed E-state index contributed by atoms with van der Waals surface area (Å²) < 4.78 is 0. The first-order chi connectivity index (χ1) is 28.2. The van der Waals surface area contributed by atoms with Gasteiger partial charge >= 0.3 is 0 Å². The van der Waals surface area contributed by atoms with Crippen molar-refractivity contribution in [3.8, 4) is 28.3 Å². The third-order valence-corrected chi connectivity index (χ3v) is 11.6. The average molecular weight is 723 g/mol. The Balaban J connectivity index is 1.31. The molecule has 0 saturated heterocycles. The summed E-state index contributed by atoms with van der Waals surface area (Å²) in [6, 6.07) is 68.4. The molecule has 0 aliphatic carbocycles. The van der Waals surface area contributed by atoms with Crippen LogP contribution in [0, 0.1) is 17.9 Å². The van der Waals surface area contributed by atoms with Gasteiger partial charge in [-0.2, -0.15) is 5.26 Å². The van der Waals surface area contributed by atoms with Crippen molar-refractivity contribution in [3.63, 3.8) is 0 Å². The van der Waals surface area contributed by atoms with Crippen LogP contribution in [0.1, 0.15) is 5.56 Å². The summed E-state index contributed by atoms with van der Waals surface area (Å²) in [6.07, 6.45) is 0. The van der Waals surface area contributed by atoms with E-state index >= 15 is 0 Å². The van der Waals surface area contributed by atoms with Gasteiger partial charge in [-0.1, -0.05) is 140 Å². The molecule has 0 radical (unpaired) electrons. The van der Waals surface area contributed by atoms with E-state index in [0.717, 1.165) is 72.4 Å². The molecule has 2 aliphatic rings. The maximum Gasteiger partial charge on any atom is 0.252 e. The van der Waals surface area contributed by atoms with E-state index in [1.165, 1.54) is 16.4 Å². The van der Waals surface area contributed by atoms with Crippen molar-refractivity contribution in [2.75, 3.05) is 9.80 Å². The van der Waals surface area contributed by atoms with Crippen molar-refractivity contribution in [1.29, 1.82) is 5.26 Å². The zero-order valence-corrected chi connectivity index (χ0v) is 30.8. The first kappa shape index (κ1) is 32.6. The molecule has 9 aromatic carbocycles. The predicted molar refractivity (Wildman–Crippen MR) is 237 cm³/mol. The SMILES string of the molecule is [C-]#[N+]c1cc(-c2ccccc2)cc(C#N)c1-c1cc2c3c(c1)N(c1ccccc1)c1c(ccc4ccccc14)B3c1ccc3ccccc3c1N2c1ccccc1. The van der Waals surface area contributed by atoms with Gasteiger partial charge in [0.25, 0.3) is 6.71 Å². The molecule has 4 nitrogen and oxygen atoms in total. The van der Waals surface area contributed by atoms with Crippen molar-refractivity contribution in [3.05, 3.63) is 205 Å². The molecule has 11 rings (SSSR count). The Morgan fingerprint density at radius 3 is 1.49 bits per heavy atom. The first-order valence-electron chi connectivity index (χ1n) is 19.1. The number of anilines is 6. The van der Waals surface area contributed by atoms with Gasteiger partial charge in [-0.05, 0) is 92.4 Å². The predicted octanol–water partition coefficient (Wildman–Crippen LogP) is 11.8. The Labute approximate surface area is 331 Å². The second kappa shape index (κ2) is 12.9. The number of nitrogens with zero attached hydrogens (tertiary/aromatic N) is 4. The van der Waals surface area contributed by atoms with Crippen LogP contribution in [0.2, 0.25) is 0 Å². The summed E-state index contributed by atoms with van der Waals surface area (Å²) in [6.45, 7) is 8.41. The van der Waals surface area contributed by atoms with Crippen LogP contribution < -0.4 is 26.2 Å². The van der Waals surface area contributed by atoms with Crippen LogP contribution in [-0.4, -0.2) is 6.71 Å². The lowest BCUT2D eigenvalue weighted by molar-refractivity contribution is 1.27. The zero-order valence-electron chi connectivity index (χ0n) is 30.8. The fraction of sp³-hybridized carbons (Fsp3) is 0. The maximum atomic E-state index is 10.9. The molecule has 2 aliphatic heterocycles. The Morgan fingerprint density at radius 1 is 0.491 bits per heavy atom. The van der Waals surface area contributed by atoms with Crippen LogP contribution in [0.4, 0.5) is 39.8 Å². The highest BCUT2D eigenvalue weighted by Crippen LogP contribution is 2.50. The molecule has 0 saturated carbocycles. The third kappa shape index (κ3) is 4.93. The van der Waals surface area contributed by atoms with Gasteiger partial charge in [0.05, 0.1) is 12.6 Å². The lowest BCUT2D eigenvalue weighted by Crippen LogP contribution is -2.61. The number of benzene rings is 9. The summed E-state index contributed by atoms with van der Waals surface area (Å²) in [5.74, 6) is 0. The van der Waals surface area contributed by atoms with Gasteiger partial charge in [0, 0.05) is 56.0 Å². The number of para-hydroxylation sites is 2. The topological polar surface area (TPSA) is 34.6 Å². The lowest BCUT2D eigenvalue weighted by atomic mass is 9.33. The van der Waals surface area contributed by atoms with Crippen molar-refractivity contribution < 1.29 is 0 Å². The van der Waals surface area contributed by atoms with Gasteiger partial charge in [0.1, 0.15) is 0 Å². The van der Waals surface area contributed by atoms with Gasteiger partial charge in [0.15, 0.2) is 5.69 Å². The molecule has 262 valence electrons. The Kier molecular flexibility index (Phi) is 7.36. The summed E-state index contributed by atoms with van der Waals surface area (Å²) in [5.41, 5.74) is 14.2. The summed E-state index contributed by atoms with van der Waals surface area (Å²) in [4.78, 5) is 8.94. The minimum absolute atomic E-state index is 0.0978. The Bertz CT molecular complexity index is 2980. The first-order valence-corrected chi connectivity index (χ1v) is 19.1. The van der Waals surface area contributed by atoms with Crippen LogP contribution in [0.25, 0.3) is 48.6 Å². The molecule has 0 N–H and O–H groups in total. The molecular formula is C52H31BN4. The van der Waals surface area contributed by atoms with Crippen molar-refractivity contribution in [1.82, 2.24) is 0 Å². The monoisotopic (exact) mass is 722 g/mol. The van der Waals surface area contributed by atoms with Gasteiger partial charge in [-0.15, -0.1) is 0 Å². The normalized spacial score (nSPS) is 12.4. The van der Waals surface area contributed by atoms with E-state index in [9.17, 15) is 5.26 Å². The van der Waals surface area contributed by atoms with E-state index in [-0.39, 0.29) is 6.71 Å². The summed E-state index contributed by atoms with van der Waals surface area (Å²) in [7, 11) is 0. The zero-order chi connectivity index (χ0) is 38.0. The van der Waals surface area contributed by atoms with Crippen LogP contribution in [0.5, 0.6) is 0 Å². The van der Waals surface area contributed by atoms with E-state index in [4.69, 9.17) is 6.57 Å². The second-order valence-electron chi connectivity index (χ2n) is 14.7. The highest BCUT2D eigenvalue weighted by Gasteiger charge is 2.44. The van der Waals surface area contributed by atoms with Gasteiger partial charge in [-0.25, -0.2) is 4.85 Å². The molecule has 0 atom stereocenters. The minimum Gasteiger partial charge on any atom is -0.311 e. The van der Waals surface area contributed by atoms with Gasteiger partial charge in [0.2, 0.25) is 0 Å². The smallest absolute Gasteiger partial charge is 0.252 e. The number of hydrogen-bond acceptors (Lipinski definition) is 3. The van der Waals surface area contributed by atoms with E-state index in [0.29, 0.717) is 16.8 Å². The maximum absolute atomic E-state index is 10.9. The highest BCUT2D eigenvalue weighted by molar-refractivity contribution is 7.00. The molecule has 0 unspecified atom stereocenters. The lowest BCUT2D eigenvalue weighted by Gasteiger charge is -2.45. The van der Waals surface area contributed by atoms with Gasteiger partial charge in [-0.3, -0.25) is 0 Å². The number of nitriles is 1. The third-order valence-electron chi connectivity index (χ3n) is 11.6. The molecule has 9 aromatic rings. The van der Waals surface area contributed by atoms with Crippen LogP contribution >= 0.6 is 0 Å². The summed E-state index contributed by atoms with van der Waals surface area (Å²) >= 11 is 0. The average Bonchev–Trinajstić information content (AvgIpc) is 3.28. The fourth-order valence-corrected chi connectivity index (χ4v) is 9.26. The molecule has 57 heavy (non-hydrogen) atoms. The summed E-state index contributed by atoms with van der Waals surface area (Å²) in [5, 5.41) is 15.5. The Hall–Kier alpha value is -7.86. The molecule has 0 amide bonds. The minimum atomic E-state index is -0.0978. The molecule has 0 fully saturated rings. The number of rotatable bonds is 4. The quantitative estimate of drug-likeness (QED) is 0.134. The Morgan fingerprint density at radius 2 is 0.982 bits per heavy atom. The van der Waals surface area contributed by atoms with E-state index in [1.807, 2.05) is 42.5 Å². The number of hydrogen-bond donors (Lipinski definition) is 0. The molecular weight excluding hydrogens is 691 g/mol. The molecule has 0 aromatic heterocycles. The van der Waals surface area contributed by atoms with Crippen LogP contribution in [0.15, 0.2) is 188 Å². The van der Waals surface area contributed by atoms with Crippen molar-refractivity contribution in [2.45, 2.75) is 0 Å². The molecule has 0 spiro atoms. The molecule has 2 heterocycles. The van der Waals surface area contributed by atoms with E-state index in [2.05, 4.69) is 166 Å². The van der Waals surface area contributed by atoms with Crippen LogP contribution in [-0.2, 0) is 0 Å². The van der Waals surface area contributed by atoms with Crippen molar-refractivity contribution in [2.24, 2.45) is 0 Å². The second-order valence-corrected chi connectivity index (χ2v) is 14.7. The van der Waals surface area contributed by atoms with Gasteiger partial charge < -0.3 is 9.80 Å². The van der Waals surface area contributed by atoms with Crippen molar-refractivity contribution >= 4 is 84.5 Å².